The minimum absolute atomic E-state index is 0.589. The van der Waals surface area contributed by atoms with Crippen molar-refractivity contribution < 1.29 is 9.47 Å². The average molecular weight is 405 g/mol. The summed E-state index contributed by atoms with van der Waals surface area (Å²) >= 11 is 0. The summed E-state index contributed by atoms with van der Waals surface area (Å²) in [7, 11) is 1.69. The molecule has 1 saturated carbocycles. The average Bonchev–Trinajstić information content (AvgIpc) is 3.17. The first-order valence-corrected chi connectivity index (χ1v) is 11.2. The number of methoxy groups -OCH3 is 1. The summed E-state index contributed by atoms with van der Waals surface area (Å²) in [6.07, 6.45) is 11.5. The fraction of sp³-hybridized carbons (Fsp3) is 0.423. The van der Waals surface area contributed by atoms with E-state index < -0.39 is 0 Å². The van der Waals surface area contributed by atoms with Gasteiger partial charge < -0.3 is 14.0 Å². The number of hydrogen-bond donors (Lipinski definition) is 0. The van der Waals surface area contributed by atoms with E-state index in [2.05, 4.69) is 41.0 Å². The maximum atomic E-state index is 6.07. The summed E-state index contributed by atoms with van der Waals surface area (Å²) in [6.45, 7) is 3.58. The Hall–Kier alpha value is -2.75. The van der Waals surface area contributed by atoms with Crippen molar-refractivity contribution in [1.29, 1.82) is 0 Å². The molecule has 4 nitrogen and oxygen atoms in total. The number of para-hydroxylation sites is 2. The number of benzene rings is 2. The number of imidazole rings is 1. The second-order valence-electron chi connectivity index (χ2n) is 8.06. The molecule has 1 aliphatic carbocycles. The summed E-state index contributed by atoms with van der Waals surface area (Å²) in [5.41, 5.74) is 3.47. The first-order chi connectivity index (χ1) is 14.8. The molecule has 0 bridgehead atoms. The van der Waals surface area contributed by atoms with Gasteiger partial charge >= 0.3 is 0 Å². The van der Waals surface area contributed by atoms with Crippen LogP contribution in [0.4, 0.5) is 0 Å². The molecular formula is C26H32N2O2. The molecule has 1 aromatic heterocycles. The summed E-state index contributed by atoms with van der Waals surface area (Å²) in [5, 5.41) is 0. The summed E-state index contributed by atoms with van der Waals surface area (Å²) < 4.78 is 14.0. The third kappa shape index (κ3) is 4.53. The van der Waals surface area contributed by atoms with Crippen molar-refractivity contribution in [3.63, 3.8) is 0 Å². The van der Waals surface area contributed by atoms with Crippen molar-refractivity contribution in [2.75, 3.05) is 13.7 Å². The molecule has 0 amide bonds. The lowest BCUT2D eigenvalue weighted by Gasteiger charge is -2.22. The van der Waals surface area contributed by atoms with Crippen LogP contribution in [-0.4, -0.2) is 23.3 Å². The van der Waals surface area contributed by atoms with Crippen LogP contribution in [0, 0.1) is 0 Å². The maximum absolute atomic E-state index is 6.07. The normalized spacial score (nSPS) is 15.1. The van der Waals surface area contributed by atoms with Crippen LogP contribution in [0.2, 0.25) is 0 Å². The molecule has 0 spiro atoms. The lowest BCUT2D eigenvalue weighted by Crippen LogP contribution is -2.14. The second-order valence-corrected chi connectivity index (χ2v) is 8.06. The molecule has 30 heavy (non-hydrogen) atoms. The Morgan fingerprint density at radius 3 is 2.70 bits per heavy atom. The highest BCUT2D eigenvalue weighted by Gasteiger charge is 2.22. The van der Waals surface area contributed by atoms with E-state index in [1.165, 1.54) is 43.4 Å². The molecule has 4 rings (SSSR count). The van der Waals surface area contributed by atoms with Crippen molar-refractivity contribution in [3.8, 4) is 11.5 Å². The zero-order chi connectivity index (χ0) is 20.8. The van der Waals surface area contributed by atoms with Crippen LogP contribution in [0.25, 0.3) is 17.1 Å². The smallest absolute Gasteiger partial charge is 0.161 e. The standard InChI is InChI=1S/C26H32N2O2/c1-3-10-20-15-16-24(25(19-20)29-2)30-18-9-17-28-23-14-8-7-13-22(23)27-26(28)21-11-5-4-6-12-21/h3,7-8,10,13-16,19,21H,4-6,9,11-12,17-18H2,1-2H3/b10-3+. The van der Waals surface area contributed by atoms with Crippen LogP contribution in [0.3, 0.4) is 0 Å². The lowest BCUT2D eigenvalue weighted by atomic mass is 9.88. The Kier molecular flexibility index (Phi) is 6.73. The Labute approximate surface area is 179 Å². The van der Waals surface area contributed by atoms with Gasteiger partial charge in [0.05, 0.1) is 24.8 Å². The molecule has 0 N–H and O–H groups in total. The third-order valence-electron chi connectivity index (χ3n) is 5.98. The minimum atomic E-state index is 0.589. The zero-order valence-corrected chi connectivity index (χ0v) is 18.1. The molecule has 0 aliphatic heterocycles. The first-order valence-electron chi connectivity index (χ1n) is 11.2. The Morgan fingerprint density at radius 2 is 1.90 bits per heavy atom. The van der Waals surface area contributed by atoms with Gasteiger partial charge in [0.25, 0.3) is 0 Å². The van der Waals surface area contributed by atoms with Gasteiger partial charge in [0.2, 0.25) is 0 Å². The van der Waals surface area contributed by atoms with Crippen LogP contribution < -0.4 is 9.47 Å². The number of hydrogen-bond acceptors (Lipinski definition) is 3. The number of fused-ring (bicyclic) bond motifs is 1. The van der Waals surface area contributed by atoms with Crippen LogP contribution in [0.1, 0.15) is 62.8 Å². The highest BCUT2D eigenvalue weighted by Crippen LogP contribution is 2.34. The van der Waals surface area contributed by atoms with Gasteiger partial charge in [-0.25, -0.2) is 4.98 Å². The van der Waals surface area contributed by atoms with Gasteiger partial charge in [0.15, 0.2) is 11.5 Å². The fourth-order valence-corrected chi connectivity index (χ4v) is 4.51. The van der Waals surface area contributed by atoms with Gasteiger partial charge in [-0.2, -0.15) is 0 Å². The Bertz CT molecular complexity index is 999. The quantitative estimate of drug-likeness (QED) is 0.397. The predicted molar refractivity (Wildman–Crippen MR) is 123 cm³/mol. The number of aryl methyl sites for hydroxylation is 1. The van der Waals surface area contributed by atoms with E-state index in [0.29, 0.717) is 12.5 Å². The van der Waals surface area contributed by atoms with Gasteiger partial charge in [0, 0.05) is 12.5 Å². The van der Waals surface area contributed by atoms with Crippen LogP contribution in [0.15, 0.2) is 48.5 Å². The monoisotopic (exact) mass is 404 g/mol. The van der Waals surface area contributed by atoms with Crippen LogP contribution >= 0.6 is 0 Å². The topological polar surface area (TPSA) is 36.3 Å². The predicted octanol–water partition coefficient (Wildman–Crippen LogP) is 6.59. The molecule has 1 fully saturated rings. The van der Waals surface area contributed by atoms with Gasteiger partial charge in [-0.3, -0.25) is 0 Å². The van der Waals surface area contributed by atoms with Gasteiger partial charge in [-0.1, -0.05) is 49.6 Å². The van der Waals surface area contributed by atoms with Crippen molar-refractivity contribution in [2.45, 2.75) is 57.9 Å². The molecular weight excluding hydrogens is 372 g/mol. The number of ether oxygens (including phenoxy) is 2. The van der Waals surface area contributed by atoms with Crippen molar-refractivity contribution in [3.05, 3.63) is 59.9 Å². The van der Waals surface area contributed by atoms with Crippen molar-refractivity contribution in [2.24, 2.45) is 0 Å². The van der Waals surface area contributed by atoms with Crippen LogP contribution in [0.5, 0.6) is 11.5 Å². The van der Waals surface area contributed by atoms with Gasteiger partial charge in [-0.15, -0.1) is 0 Å². The number of allylic oxidation sites excluding steroid dienone is 1. The molecule has 0 unspecified atom stereocenters. The molecule has 2 aromatic carbocycles. The third-order valence-corrected chi connectivity index (χ3v) is 5.98. The molecule has 1 aliphatic rings. The Balaban J connectivity index is 1.45. The van der Waals surface area contributed by atoms with E-state index in [4.69, 9.17) is 14.5 Å². The molecule has 158 valence electrons. The van der Waals surface area contributed by atoms with E-state index in [1.54, 1.807) is 7.11 Å². The molecule has 1 heterocycles. The molecule has 0 radical (unpaired) electrons. The zero-order valence-electron chi connectivity index (χ0n) is 18.1. The Morgan fingerprint density at radius 1 is 1.07 bits per heavy atom. The molecule has 0 saturated heterocycles. The summed E-state index contributed by atoms with van der Waals surface area (Å²) in [6, 6.07) is 14.6. The summed E-state index contributed by atoms with van der Waals surface area (Å²) in [5.74, 6) is 3.44. The van der Waals surface area contributed by atoms with E-state index in [0.717, 1.165) is 35.5 Å². The number of rotatable bonds is 8. The second kappa shape index (κ2) is 9.84. The maximum Gasteiger partial charge on any atom is 0.161 e. The van der Waals surface area contributed by atoms with E-state index >= 15 is 0 Å². The number of aromatic nitrogens is 2. The van der Waals surface area contributed by atoms with Gasteiger partial charge in [-0.05, 0) is 56.0 Å². The SMILES string of the molecule is C/C=C/c1ccc(OCCCn2c(C3CCCCC3)nc3ccccc32)c(OC)c1. The van der Waals surface area contributed by atoms with Crippen molar-refractivity contribution >= 4 is 17.1 Å². The van der Waals surface area contributed by atoms with E-state index in [9.17, 15) is 0 Å². The lowest BCUT2D eigenvalue weighted by molar-refractivity contribution is 0.281. The highest BCUT2D eigenvalue weighted by molar-refractivity contribution is 5.76. The number of nitrogens with zero attached hydrogens (tertiary/aromatic N) is 2. The molecule has 3 aromatic rings. The fourth-order valence-electron chi connectivity index (χ4n) is 4.51. The molecule has 0 atom stereocenters. The highest BCUT2D eigenvalue weighted by atomic mass is 16.5. The van der Waals surface area contributed by atoms with Gasteiger partial charge in [0.1, 0.15) is 5.82 Å². The minimum Gasteiger partial charge on any atom is -0.493 e. The largest absolute Gasteiger partial charge is 0.493 e. The van der Waals surface area contributed by atoms with Crippen LogP contribution in [-0.2, 0) is 6.54 Å². The van der Waals surface area contributed by atoms with E-state index in [1.807, 2.05) is 25.1 Å². The molecule has 4 heteroatoms. The van der Waals surface area contributed by atoms with E-state index in [-0.39, 0.29) is 0 Å². The summed E-state index contributed by atoms with van der Waals surface area (Å²) in [4.78, 5) is 5.02. The first kappa shape index (κ1) is 20.5. The van der Waals surface area contributed by atoms with Crippen molar-refractivity contribution in [1.82, 2.24) is 9.55 Å².